The molecule has 2 heterocycles. The number of benzene rings is 1. The van der Waals surface area contributed by atoms with Gasteiger partial charge in [-0.25, -0.2) is 9.78 Å². The number of hydrogen-bond donors (Lipinski definition) is 1. The average Bonchev–Trinajstić information content (AvgIpc) is 2.78. The lowest BCUT2D eigenvalue weighted by molar-refractivity contribution is -0.387. The molecule has 35 heavy (non-hydrogen) atoms. The van der Waals surface area contributed by atoms with Crippen LogP contribution in [0.5, 0.6) is 0 Å². The first-order chi connectivity index (χ1) is 16.5. The van der Waals surface area contributed by atoms with Crippen LogP contribution in [-0.2, 0) is 20.4 Å². The van der Waals surface area contributed by atoms with Crippen molar-refractivity contribution < 1.29 is 32.4 Å². The molecule has 0 radical (unpaired) electrons. The minimum Gasteiger partial charge on any atom is -0.463 e. The average molecular weight is 506 g/mol. The van der Waals surface area contributed by atoms with E-state index in [1.807, 2.05) is 6.07 Å². The molecule has 0 amide bonds. The Hall–Kier alpha value is -4.05. The van der Waals surface area contributed by atoms with Gasteiger partial charge in [0.15, 0.2) is 0 Å². The number of carbonyl (C=O) groups is 1. The van der Waals surface area contributed by atoms with Crippen LogP contribution in [0, 0.1) is 21.4 Å². The summed E-state index contributed by atoms with van der Waals surface area (Å²) < 4.78 is 48.7. The lowest BCUT2D eigenvalue weighted by atomic mass is 9.83. The van der Waals surface area contributed by atoms with Crippen LogP contribution < -0.4 is 5.73 Å². The van der Waals surface area contributed by atoms with Gasteiger partial charge < -0.3 is 15.2 Å². The molecular formula is C22H17F3N4O5S. The Bertz CT molecular complexity index is 1280. The summed E-state index contributed by atoms with van der Waals surface area (Å²) in [4.78, 5) is 27.6. The molecule has 1 unspecified atom stereocenters. The molecule has 1 aromatic carbocycles. The van der Waals surface area contributed by atoms with Crippen molar-refractivity contribution in [3.8, 4) is 6.07 Å². The highest BCUT2D eigenvalue weighted by Gasteiger charge is 2.37. The van der Waals surface area contributed by atoms with Crippen molar-refractivity contribution in [2.24, 2.45) is 5.73 Å². The van der Waals surface area contributed by atoms with Gasteiger partial charge in [0.2, 0.25) is 5.88 Å². The summed E-state index contributed by atoms with van der Waals surface area (Å²) in [7, 11) is 0. The van der Waals surface area contributed by atoms with Gasteiger partial charge in [-0.05, 0) is 37.6 Å². The fraction of sp³-hybridized carbons (Fsp3) is 0.227. The smallest absolute Gasteiger partial charge is 0.417 e. The summed E-state index contributed by atoms with van der Waals surface area (Å²) in [5, 5.41) is 21.6. The van der Waals surface area contributed by atoms with Crippen LogP contribution in [0.3, 0.4) is 0 Å². The predicted molar refractivity (Wildman–Crippen MR) is 116 cm³/mol. The number of nitro groups is 1. The van der Waals surface area contributed by atoms with E-state index in [0.29, 0.717) is 6.20 Å². The Morgan fingerprint density at radius 3 is 2.63 bits per heavy atom. The van der Waals surface area contributed by atoms with E-state index in [0.717, 1.165) is 23.9 Å². The largest absolute Gasteiger partial charge is 0.463 e. The van der Waals surface area contributed by atoms with Gasteiger partial charge in [-0.1, -0.05) is 17.8 Å². The topological polar surface area (TPSA) is 141 Å². The molecule has 2 aromatic rings. The molecule has 9 nitrogen and oxygen atoms in total. The van der Waals surface area contributed by atoms with Crippen LogP contribution in [0.2, 0.25) is 0 Å². The molecule has 0 saturated heterocycles. The predicted octanol–water partition coefficient (Wildman–Crippen LogP) is 4.80. The normalized spacial score (nSPS) is 15.9. The molecule has 1 atom stereocenters. The lowest BCUT2D eigenvalue weighted by Crippen LogP contribution is -2.25. The van der Waals surface area contributed by atoms with E-state index in [1.54, 1.807) is 6.92 Å². The molecule has 1 aliphatic heterocycles. The van der Waals surface area contributed by atoms with E-state index < -0.39 is 34.2 Å². The molecule has 1 aromatic heterocycles. The zero-order valence-corrected chi connectivity index (χ0v) is 19.1. The number of halogens is 3. The van der Waals surface area contributed by atoms with Crippen LogP contribution in [0.1, 0.15) is 30.9 Å². The maximum absolute atomic E-state index is 12.8. The number of hydrogen-bond acceptors (Lipinski definition) is 9. The molecule has 2 N–H and O–H groups in total. The van der Waals surface area contributed by atoms with Gasteiger partial charge >= 0.3 is 12.1 Å². The number of ether oxygens (including phenoxy) is 2. The number of nitrogens with zero attached hydrogens (tertiary/aromatic N) is 3. The van der Waals surface area contributed by atoms with E-state index in [1.165, 1.54) is 25.1 Å². The van der Waals surface area contributed by atoms with E-state index in [2.05, 4.69) is 4.98 Å². The molecule has 3 rings (SSSR count). The minimum atomic E-state index is -4.57. The fourth-order valence-electron chi connectivity index (χ4n) is 3.35. The molecule has 13 heteroatoms. The number of pyridine rings is 1. The van der Waals surface area contributed by atoms with Crippen LogP contribution in [-0.4, -0.2) is 22.5 Å². The highest BCUT2D eigenvalue weighted by Crippen LogP contribution is 2.43. The van der Waals surface area contributed by atoms with Crippen molar-refractivity contribution >= 4 is 23.4 Å². The molecular weight excluding hydrogens is 489 g/mol. The molecule has 0 bridgehead atoms. The second-order valence-corrected chi connectivity index (χ2v) is 8.15. The lowest BCUT2D eigenvalue weighted by Gasteiger charge is -2.26. The number of nitro benzene ring substituents is 1. The van der Waals surface area contributed by atoms with Crippen LogP contribution >= 0.6 is 11.8 Å². The van der Waals surface area contributed by atoms with E-state index in [9.17, 15) is 33.3 Å². The van der Waals surface area contributed by atoms with Crippen LogP contribution in [0.25, 0.3) is 0 Å². The summed E-state index contributed by atoms with van der Waals surface area (Å²) in [5.41, 5.74) is 4.53. The minimum absolute atomic E-state index is 0.0308. The highest BCUT2D eigenvalue weighted by atomic mass is 32.2. The Balaban J connectivity index is 2.06. The van der Waals surface area contributed by atoms with Crippen molar-refractivity contribution in [1.29, 1.82) is 5.26 Å². The fourth-order valence-corrected chi connectivity index (χ4v) is 4.19. The van der Waals surface area contributed by atoms with Crippen LogP contribution in [0.4, 0.5) is 18.9 Å². The molecule has 1 aliphatic rings. The molecule has 0 saturated carbocycles. The summed E-state index contributed by atoms with van der Waals surface area (Å²) in [5.74, 6) is -2.03. The quantitative estimate of drug-likeness (QED) is 0.332. The van der Waals surface area contributed by atoms with Gasteiger partial charge in [-0.3, -0.25) is 10.1 Å². The second-order valence-electron chi connectivity index (χ2n) is 7.08. The number of carbonyl (C=O) groups excluding carboxylic acids is 1. The van der Waals surface area contributed by atoms with Gasteiger partial charge in [-0.15, -0.1) is 0 Å². The van der Waals surface area contributed by atoms with Crippen molar-refractivity contribution in [2.75, 3.05) is 6.61 Å². The van der Waals surface area contributed by atoms with Gasteiger partial charge in [0.05, 0.1) is 33.5 Å². The Morgan fingerprint density at radius 2 is 2.09 bits per heavy atom. The third-order valence-electron chi connectivity index (χ3n) is 4.89. The summed E-state index contributed by atoms with van der Waals surface area (Å²) >= 11 is 0.790. The Kier molecular flexibility index (Phi) is 7.35. The second kappa shape index (κ2) is 10.1. The first kappa shape index (κ1) is 25.6. The zero-order chi connectivity index (χ0) is 25.9. The van der Waals surface area contributed by atoms with E-state index in [4.69, 9.17) is 15.2 Å². The van der Waals surface area contributed by atoms with Crippen molar-refractivity contribution in [3.05, 3.63) is 80.6 Å². The first-order valence-corrected chi connectivity index (χ1v) is 10.7. The summed E-state index contributed by atoms with van der Waals surface area (Å²) in [6.07, 6.45) is -3.93. The summed E-state index contributed by atoms with van der Waals surface area (Å²) in [6.45, 7) is 3.09. The number of aromatic nitrogens is 1. The Labute approximate surface area is 201 Å². The van der Waals surface area contributed by atoms with Crippen molar-refractivity contribution in [2.45, 2.75) is 35.9 Å². The maximum atomic E-state index is 12.8. The van der Waals surface area contributed by atoms with E-state index in [-0.39, 0.29) is 44.9 Å². The van der Waals surface area contributed by atoms with Gasteiger partial charge in [0, 0.05) is 12.3 Å². The molecule has 0 fully saturated rings. The third-order valence-corrected chi connectivity index (χ3v) is 5.91. The van der Waals surface area contributed by atoms with Gasteiger partial charge in [-0.2, -0.15) is 18.4 Å². The van der Waals surface area contributed by atoms with Crippen molar-refractivity contribution in [3.63, 3.8) is 0 Å². The number of esters is 1. The van der Waals surface area contributed by atoms with Crippen LogP contribution in [0.15, 0.2) is 69.2 Å². The number of alkyl halides is 3. The van der Waals surface area contributed by atoms with Gasteiger partial charge in [0.25, 0.3) is 5.69 Å². The molecule has 0 aliphatic carbocycles. The Morgan fingerprint density at radius 1 is 1.37 bits per heavy atom. The number of rotatable bonds is 6. The summed E-state index contributed by atoms with van der Waals surface area (Å²) in [6, 6.07) is 7.78. The molecule has 0 spiro atoms. The number of allylic oxidation sites excluding steroid dienone is 2. The van der Waals surface area contributed by atoms with Gasteiger partial charge in [0.1, 0.15) is 22.4 Å². The SMILES string of the molecule is CCOC(=O)C1=C(C)OC(N)=C(C#N)C1c1ccc(Sc2ccc(C(F)(F)F)cn2)c([N+](=O)[O-])c1. The maximum Gasteiger partial charge on any atom is 0.417 e. The van der Waals surface area contributed by atoms with E-state index >= 15 is 0 Å². The first-order valence-electron chi connectivity index (χ1n) is 9.92. The monoisotopic (exact) mass is 506 g/mol. The number of nitrogens with two attached hydrogens (primary N) is 1. The zero-order valence-electron chi connectivity index (χ0n) is 18.3. The van der Waals surface area contributed by atoms with Crippen molar-refractivity contribution in [1.82, 2.24) is 4.98 Å². The highest BCUT2D eigenvalue weighted by molar-refractivity contribution is 7.99. The molecule has 182 valence electrons. The standard InChI is InChI=1S/C22H17F3N4O5S/c1-3-33-21(30)18-11(2)34-20(27)14(9-26)19(18)12-4-6-16(15(8-12)29(31)32)35-17-7-5-13(10-28-17)22(23,24)25/h4-8,10,19H,3,27H2,1-2H3. The number of nitriles is 1. The third kappa shape index (κ3) is 5.38.